The van der Waals surface area contributed by atoms with Gasteiger partial charge in [-0.3, -0.25) is 9.36 Å². The molecule has 2 heterocycles. The molecule has 1 atom stereocenters. The molecule has 4 rings (SSSR count). The minimum Gasteiger partial charge on any atom is -0.332 e. The van der Waals surface area contributed by atoms with Crippen LogP contribution in [0.15, 0.2) is 53.5 Å². The van der Waals surface area contributed by atoms with Crippen LogP contribution in [0.25, 0.3) is 5.69 Å². The molecule has 0 aliphatic carbocycles. The standard InChI is InChI=1S/C23H25N3O2/c1-15-6-7-19(13-16(15)2)21-5-4-12-25(21)22(27)18-8-10-20(11-9-18)26-17(3)14-24-23(26)28/h6-11,13-14,21H,4-5,12H2,1-3H3,(H,24,28). The molecule has 0 spiro atoms. The van der Waals surface area contributed by atoms with Gasteiger partial charge in [0.15, 0.2) is 0 Å². The Morgan fingerprint density at radius 1 is 1.04 bits per heavy atom. The van der Waals surface area contributed by atoms with Gasteiger partial charge in [-0.05, 0) is 74.6 Å². The van der Waals surface area contributed by atoms with Crippen LogP contribution >= 0.6 is 0 Å². The van der Waals surface area contributed by atoms with Crippen LogP contribution in [0.4, 0.5) is 0 Å². The zero-order chi connectivity index (χ0) is 19.8. The molecule has 3 aromatic rings. The zero-order valence-electron chi connectivity index (χ0n) is 16.5. The summed E-state index contributed by atoms with van der Waals surface area (Å²) in [6, 6.07) is 13.9. The van der Waals surface area contributed by atoms with E-state index < -0.39 is 0 Å². The Labute approximate surface area is 164 Å². The van der Waals surface area contributed by atoms with E-state index in [9.17, 15) is 9.59 Å². The SMILES string of the molecule is Cc1ccc(C2CCCN2C(=O)c2ccc(-n3c(C)c[nH]c3=O)cc2)cc1C. The number of carbonyl (C=O) groups excluding carboxylic acids is 1. The number of rotatable bonds is 3. The number of aryl methyl sites for hydroxylation is 3. The molecule has 1 saturated heterocycles. The van der Waals surface area contributed by atoms with E-state index in [1.54, 1.807) is 10.8 Å². The molecule has 0 saturated carbocycles. The monoisotopic (exact) mass is 375 g/mol. The Morgan fingerprint density at radius 2 is 1.79 bits per heavy atom. The van der Waals surface area contributed by atoms with Gasteiger partial charge in [0.1, 0.15) is 0 Å². The molecule has 1 amide bonds. The van der Waals surface area contributed by atoms with Gasteiger partial charge in [0.05, 0.1) is 11.7 Å². The summed E-state index contributed by atoms with van der Waals surface area (Å²) in [5.74, 6) is 0.0467. The number of hydrogen-bond donors (Lipinski definition) is 1. The molecular formula is C23H25N3O2. The van der Waals surface area contributed by atoms with Gasteiger partial charge < -0.3 is 9.88 Å². The molecule has 1 unspecified atom stereocenters. The van der Waals surface area contributed by atoms with E-state index in [1.807, 2.05) is 36.1 Å². The number of benzene rings is 2. The third kappa shape index (κ3) is 3.17. The van der Waals surface area contributed by atoms with Crippen molar-refractivity contribution in [3.63, 3.8) is 0 Å². The Bertz CT molecular complexity index is 1080. The second-order valence-electron chi connectivity index (χ2n) is 7.62. The van der Waals surface area contributed by atoms with Gasteiger partial charge in [0.2, 0.25) is 0 Å². The Morgan fingerprint density at radius 3 is 2.43 bits per heavy atom. The van der Waals surface area contributed by atoms with Gasteiger partial charge >= 0.3 is 5.69 Å². The van der Waals surface area contributed by atoms with Crippen LogP contribution in [0.3, 0.4) is 0 Å². The molecule has 5 heteroatoms. The predicted octanol–water partition coefficient (Wildman–Crippen LogP) is 4.07. The Balaban J connectivity index is 1.60. The molecule has 28 heavy (non-hydrogen) atoms. The number of H-pyrrole nitrogens is 1. The summed E-state index contributed by atoms with van der Waals surface area (Å²) in [4.78, 5) is 29.8. The van der Waals surface area contributed by atoms with Crippen LogP contribution in [0.2, 0.25) is 0 Å². The Kier molecular flexibility index (Phi) is 4.67. The number of likely N-dealkylation sites (tertiary alicyclic amines) is 1. The van der Waals surface area contributed by atoms with Crippen LogP contribution in [0, 0.1) is 20.8 Å². The first kappa shape index (κ1) is 18.3. The number of aromatic amines is 1. The van der Waals surface area contributed by atoms with Crippen LogP contribution in [-0.4, -0.2) is 26.9 Å². The first-order chi connectivity index (χ1) is 13.5. The molecular weight excluding hydrogens is 350 g/mol. The second-order valence-corrected chi connectivity index (χ2v) is 7.62. The summed E-state index contributed by atoms with van der Waals surface area (Å²) in [6.07, 6.45) is 3.68. The van der Waals surface area contributed by atoms with Crippen molar-refractivity contribution in [1.82, 2.24) is 14.5 Å². The normalized spacial score (nSPS) is 16.5. The van der Waals surface area contributed by atoms with Crippen LogP contribution in [0.1, 0.15) is 51.6 Å². The molecule has 2 aromatic carbocycles. The minimum atomic E-state index is -0.175. The summed E-state index contributed by atoms with van der Waals surface area (Å²) in [5.41, 5.74) is 5.80. The molecule has 0 bridgehead atoms. The number of aromatic nitrogens is 2. The molecule has 5 nitrogen and oxygen atoms in total. The highest BCUT2D eigenvalue weighted by Gasteiger charge is 2.30. The van der Waals surface area contributed by atoms with E-state index in [-0.39, 0.29) is 17.6 Å². The van der Waals surface area contributed by atoms with E-state index >= 15 is 0 Å². The fourth-order valence-electron chi connectivity index (χ4n) is 4.02. The number of carbonyl (C=O) groups is 1. The van der Waals surface area contributed by atoms with E-state index in [0.29, 0.717) is 5.56 Å². The third-order valence-corrected chi connectivity index (χ3v) is 5.76. The fourth-order valence-corrected chi connectivity index (χ4v) is 4.02. The lowest BCUT2D eigenvalue weighted by Crippen LogP contribution is -2.30. The highest BCUT2D eigenvalue weighted by Crippen LogP contribution is 2.34. The van der Waals surface area contributed by atoms with Crippen molar-refractivity contribution in [3.05, 3.63) is 87.1 Å². The van der Waals surface area contributed by atoms with Crippen molar-refractivity contribution < 1.29 is 4.79 Å². The van der Waals surface area contributed by atoms with Crippen molar-refractivity contribution >= 4 is 5.91 Å². The van der Waals surface area contributed by atoms with Crippen molar-refractivity contribution in [2.75, 3.05) is 6.54 Å². The highest BCUT2D eigenvalue weighted by molar-refractivity contribution is 5.94. The van der Waals surface area contributed by atoms with Crippen molar-refractivity contribution in [2.45, 2.75) is 39.7 Å². The summed E-state index contributed by atoms with van der Waals surface area (Å²) in [5, 5.41) is 0. The maximum absolute atomic E-state index is 13.2. The van der Waals surface area contributed by atoms with E-state index in [4.69, 9.17) is 0 Å². The van der Waals surface area contributed by atoms with Gasteiger partial charge in [-0.2, -0.15) is 0 Å². The number of nitrogens with one attached hydrogen (secondary N) is 1. The van der Waals surface area contributed by atoms with Gasteiger partial charge in [-0.25, -0.2) is 4.79 Å². The minimum absolute atomic E-state index is 0.0467. The first-order valence-corrected chi connectivity index (χ1v) is 9.71. The van der Waals surface area contributed by atoms with E-state index in [2.05, 4.69) is 37.0 Å². The van der Waals surface area contributed by atoms with Crippen molar-refractivity contribution in [2.24, 2.45) is 0 Å². The van der Waals surface area contributed by atoms with Crippen LogP contribution < -0.4 is 5.69 Å². The maximum Gasteiger partial charge on any atom is 0.330 e. The van der Waals surface area contributed by atoms with Crippen LogP contribution in [-0.2, 0) is 0 Å². The Hall–Kier alpha value is -3.08. The molecule has 1 aliphatic rings. The van der Waals surface area contributed by atoms with Gasteiger partial charge in [-0.1, -0.05) is 18.2 Å². The van der Waals surface area contributed by atoms with E-state index in [0.717, 1.165) is 30.8 Å². The molecule has 144 valence electrons. The second kappa shape index (κ2) is 7.15. The number of hydrogen-bond acceptors (Lipinski definition) is 2. The largest absolute Gasteiger partial charge is 0.332 e. The smallest absolute Gasteiger partial charge is 0.330 e. The summed E-state index contributed by atoms with van der Waals surface area (Å²) in [7, 11) is 0. The topological polar surface area (TPSA) is 58.1 Å². The van der Waals surface area contributed by atoms with Gasteiger partial charge in [0.25, 0.3) is 5.91 Å². The van der Waals surface area contributed by atoms with Gasteiger partial charge in [0, 0.05) is 24.0 Å². The molecule has 1 aromatic heterocycles. The lowest BCUT2D eigenvalue weighted by Gasteiger charge is -2.26. The highest BCUT2D eigenvalue weighted by atomic mass is 16.2. The summed E-state index contributed by atoms with van der Waals surface area (Å²) >= 11 is 0. The fraction of sp³-hybridized carbons (Fsp3) is 0.304. The lowest BCUT2D eigenvalue weighted by molar-refractivity contribution is 0.0735. The maximum atomic E-state index is 13.2. The summed E-state index contributed by atoms with van der Waals surface area (Å²) < 4.78 is 1.60. The number of nitrogens with zero attached hydrogens (tertiary/aromatic N) is 2. The van der Waals surface area contributed by atoms with Crippen LogP contribution in [0.5, 0.6) is 0 Å². The zero-order valence-corrected chi connectivity index (χ0v) is 16.5. The van der Waals surface area contributed by atoms with Crippen molar-refractivity contribution in [1.29, 1.82) is 0 Å². The number of amides is 1. The predicted molar refractivity (Wildman–Crippen MR) is 110 cm³/mol. The van der Waals surface area contributed by atoms with E-state index in [1.165, 1.54) is 16.7 Å². The molecule has 1 fully saturated rings. The molecule has 1 aliphatic heterocycles. The lowest BCUT2D eigenvalue weighted by atomic mass is 9.99. The quantitative estimate of drug-likeness (QED) is 0.750. The average molecular weight is 375 g/mol. The number of imidazole rings is 1. The third-order valence-electron chi connectivity index (χ3n) is 5.76. The molecule has 0 radical (unpaired) electrons. The molecule has 1 N–H and O–H groups in total. The average Bonchev–Trinajstić information content (AvgIpc) is 3.30. The van der Waals surface area contributed by atoms with Crippen molar-refractivity contribution in [3.8, 4) is 5.69 Å². The summed E-state index contributed by atoms with van der Waals surface area (Å²) in [6.45, 7) is 6.86. The van der Waals surface area contributed by atoms with Gasteiger partial charge in [-0.15, -0.1) is 0 Å². The first-order valence-electron chi connectivity index (χ1n) is 9.71.